The number of hydrogen-bond acceptors (Lipinski definition) is 5. The van der Waals surface area contributed by atoms with Crippen molar-refractivity contribution in [1.29, 1.82) is 0 Å². The van der Waals surface area contributed by atoms with E-state index in [1.165, 1.54) is 0 Å². The van der Waals surface area contributed by atoms with Gasteiger partial charge in [0.05, 0.1) is 26.0 Å². The lowest BCUT2D eigenvalue weighted by Gasteiger charge is -2.21. The van der Waals surface area contributed by atoms with E-state index in [0.29, 0.717) is 32.2 Å². The summed E-state index contributed by atoms with van der Waals surface area (Å²) in [6.07, 6.45) is 1.05. The molecular weight excluding hydrogens is 212 g/mol. The van der Waals surface area contributed by atoms with E-state index in [-0.39, 0.29) is 5.91 Å². The predicted molar refractivity (Wildman–Crippen MR) is 55.4 cm³/mol. The number of amides is 1. The number of hydrogen-bond donors (Lipinski definition) is 3. The van der Waals surface area contributed by atoms with Gasteiger partial charge in [0.15, 0.2) is 6.10 Å². The standard InChI is InChI=1S/C9H14N4O3/c10-8-6(4-12-13-8)3-11-9(14)7-5-15-1-2-16-7/h4,7H,1-3,5H2,(H,11,14)(H3,10,12,13). The summed E-state index contributed by atoms with van der Waals surface area (Å²) < 4.78 is 10.4. The zero-order chi connectivity index (χ0) is 11.4. The van der Waals surface area contributed by atoms with Crippen LogP contribution in [0.1, 0.15) is 5.56 Å². The summed E-state index contributed by atoms with van der Waals surface area (Å²) in [5.41, 5.74) is 6.33. The quantitative estimate of drug-likeness (QED) is 0.615. The molecule has 7 heteroatoms. The fraction of sp³-hybridized carbons (Fsp3) is 0.556. The van der Waals surface area contributed by atoms with E-state index in [0.717, 1.165) is 5.56 Å². The summed E-state index contributed by atoms with van der Waals surface area (Å²) in [7, 11) is 0. The van der Waals surface area contributed by atoms with E-state index in [4.69, 9.17) is 15.2 Å². The number of nitrogens with one attached hydrogen (secondary N) is 2. The second-order valence-electron chi connectivity index (χ2n) is 3.46. The molecular formula is C9H14N4O3. The SMILES string of the molecule is Nc1[nH]ncc1CNC(=O)C1COCCO1. The Labute approximate surface area is 92.3 Å². The van der Waals surface area contributed by atoms with Crippen LogP contribution >= 0.6 is 0 Å². The first-order valence-electron chi connectivity index (χ1n) is 5.02. The molecule has 2 heterocycles. The van der Waals surface area contributed by atoms with E-state index in [1.807, 2.05) is 0 Å². The Bertz CT molecular complexity index is 359. The summed E-state index contributed by atoms with van der Waals surface area (Å²) >= 11 is 0. The molecule has 1 aliphatic heterocycles. The van der Waals surface area contributed by atoms with Crippen molar-refractivity contribution in [2.75, 3.05) is 25.6 Å². The second kappa shape index (κ2) is 4.95. The van der Waals surface area contributed by atoms with Gasteiger partial charge in [0, 0.05) is 12.1 Å². The molecule has 0 aliphatic carbocycles. The Morgan fingerprint density at radius 3 is 3.19 bits per heavy atom. The van der Waals surface area contributed by atoms with Gasteiger partial charge in [-0.2, -0.15) is 5.10 Å². The molecule has 1 aromatic rings. The second-order valence-corrected chi connectivity index (χ2v) is 3.46. The van der Waals surface area contributed by atoms with Gasteiger partial charge in [-0.25, -0.2) is 0 Å². The summed E-state index contributed by atoms with van der Waals surface area (Å²) in [5, 5.41) is 9.06. The zero-order valence-electron chi connectivity index (χ0n) is 8.73. The van der Waals surface area contributed by atoms with E-state index < -0.39 is 6.10 Å². The lowest BCUT2D eigenvalue weighted by Crippen LogP contribution is -2.42. The highest BCUT2D eigenvalue weighted by atomic mass is 16.6. The molecule has 1 aromatic heterocycles. The van der Waals surface area contributed by atoms with Crippen molar-refractivity contribution in [3.05, 3.63) is 11.8 Å². The normalized spacial score (nSPS) is 20.6. The third-order valence-electron chi connectivity index (χ3n) is 2.31. The van der Waals surface area contributed by atoms with Gasteiger partial charge in [-0.15, -0.1) is 0 Å². The molecule has 0 aromatic carbocycles. The average Bonchev–Trinajstić information content (AvgIpc) is 2.73. The van der Waals surface area contributed by atoms with Crippen molar-refractivity contribution in [1.82, 2.24) is 15.5 Å². The van der Waals surface area contributed by atoms with Crippen molar-refractivity contribution < 1.29 is 14.3 Å². The number of H-pyrrole nitrogens is 1. The van der Waals surface area contributed by atoms with Crippen molar-refractivity contribution in [3.8, 4) is 0 Å². The molecule has 2 rings (SSSR count). The van der Waals surface area contributed by atoms with Crippen molar-refractivity contribution in [2.45, 2.75) is 12.6 Å². The third kappa shape index (κ3) is 2.50. The van der Waals surface area contributed by atoms with Gasteiger partial charge in [0.1, 0.15) is 5.82 Å². The van der Waals surface area contributed by atoms with Crippen molar-refractivity contribution >= 4 is 11.7 Å². The van der Waals surface area contributed by atoms with Crippen LogP contribution in [-0.4, -0.2) is 42.0 Å². The zero-order valence-corrected chi connectivity index (χ0v) is 8.73. The number of carbonyl (C=O) groups is 1. The number of nitrogen functional groups attached to an aromatic ring is 1. The van der Waals surface area contributed by atoms with Crippen LogP contribution in [0.2, 0.25) is 0 Å². The maximum Gasteiger partial charge on any atom is 0.251 e. The molecule has 1 unspecified atom stereocenters. The largest absolute Gasteiger partial charge is 0.384 e. The van der Waals surface area contributed by atoms with E-state index in [2.05, 4.69) is 15.5 Å². The van der Waals surface area contributed by atoms with E-state index in [1.54, 1.807) is 6.20 Å². The molecule has 1 aliphatic rings. The number of carbonyl (C=O) groups excluding carboxylic acids is 1. The smallest absolute Gasteiger partial charge is 0.251 e. The Morgan fingerprint density at radius 2 is 2.56 bits per heavy atom. The molecule has 0 spiro atoms. The van der Waals surface area contributed by atoms with Crippen LogP contribution in [0.3, 0.4) is 0 Å². The first-order chi connectivity index (χ1) is 7.77. The van der Waals surface area contributed by atoms with Gasteiger partial charge >= 0.3 is 0 Å². The lowest BCUT2D eigenvalue weighted by atomic mass is 10.3. The molecule has 7 nitrogen and oxygen atoms in total. The Hall–Kier alpha value is -1.60. The van der Waals surface area contributed by atoms with Crippen LogP contribution in [0, 0.1) is 0 Å². The van der Waals surface area contributed by atoms with Crippen LogP contribution in [-0.2, 0) is 20.8 Å². The maximum absolute atomic E-state index is 11.6. The number of aromatic amines is 1. The minimum absolute atomic E-state index is 0.194. The Balaban J connectivity index is 1.81. The minimum atomic E-state index is -0.526. The third-order valence-corrected chi connectivity index (χ3v) is 2.31. The van der Waals surface area contributed by atoms with Gasteiger partial charge in [-0.1, -0.05) is 0 Å². The molecule has 0 bridgehead atoms. The number of nitrogens with zero attached hydrogens (tertiary/aromatic N) is 1. The summed E-state index contributed by atoms with van der Waals surface area (Å²) in [6, 6.07) is 0. The highest BCUT2D eigenvalue weighted by Crippen LogP contribution is 2.06. The first kappa shape index (κ1) is 10.9. The van der Waals surface area contributed by atoms with Crippen LogP contribution < -0.4 is 11.1 Å². The molecule has 1 atom stereocenters. The fourth-order valence-electron chi connectivity index (χ4n) is 1.40. The van der Waals surface area contributed by atoms with Gasteiger partial charge in [-0.3, -0.25) is 9.89 Å². The fourth-order valence-corrected chi connectivity index (χ4v) is 1.40. The van der Waals surface area contributed by atoms with Crippen LogP contribution in [0.4, 0.5) is 5.82 Å². The summed E-state index contributed by atoms with van der Waals surface area (Å²) in [5.74, 6) is 0.265. The number of rotatable bonds is 3. The van der Waals surface area contributed by atoms with Gasteiger partial charge < -0.3 is 20.5 Å². The first-order valence-corrected chi connectivity index (χ1v) is 5.02. The molecule has 0 radical (unpaired) electrons. The van der Waals surface area contributed by atoms with Gasteiger partial charge in [-0.05, 0) is 0 Å². The molecule has 1 fully saturated rings. The van der Waals surface area contributed by atoms with Gasteiger partial charge in [0.25, 0.3) is 5.91 Å². The van der Waals surface area contributed by atoms with Crippen molar-refractivity contribution in [3.63, 3.8) is 0 Å². The van der Waals surface area contributed by atoms with Crippen LogP contribution in [0.5, 0.6) is 0 Å². The maximum atomic E-state index is 11.6. The molecule has 1 saturated heterocycles. The van der Waals surface area contributed by atoms with E-state index >= 15 is 0 Å². The molecule has 88 valence electrons. The number of aromatic nitrogens is 2. The molecule has 0 saturated carbocycles. The molecule has 1 amide bonds. The predicted octanol–water partition coefficient (Wildman–Crippen LogP) is -0.976. The average molecular weight is 226 g/mol. The number of anilines is 1. The number of nitrogens with two attached hydrogens (primary N) is 1. The topological polar surface area (TPSA) is 102 Å². The molecule has 16 heavy (non-hydrogen) atoms. The summed E-state index contributed by atoms with van der Waals surface area (Å²) in [4.78, 5) is 11.6. The molecule has 4 N–H and O–H groups in total. The van der Waals surface area contributed by atoms with Gasteiger partial charge in [0.2, 0.25) is 0 Å². The highest BCUT2D eigenvalue weighted by molar-refractivity contribution is 5.81. The Kier molecular flexibility index (Phi) is 3.37. The highest BCUT2D eigenvalue weighted by Gasteiger charge is 2.22. The van der Waals surface area contributed by atoms with E-state index in [9.17, 15) is 4.79 Å². The Morgan fingerprint density at radius 1 is 1.69 bits per heavy atom. The summed E-state index contributed by atoms with van der Waals surface area (Å²) in [6.45, 7) is 1.62. The minimum Gasteiger partial charge on any atom is -0.384 e. The van der Waals surface area contributed by atoms with Crippen LogP contribution in [0.25, 0.3) is 0 Å². The van der Waals surface area contributed by atoms with Crippen molar-refractivity contribution in [2.24, 2.45) is 0 Å². The lowest BCUT2D eigenvalue weighted by molar-refractivity contribution is -0.147. The van der Waals surface area contributed by atoms with Crippen LogP contribution in [0.15, 0.2) is 6.20 Å². The monoisotopic (exact) mass is 226 g/mol. The number of ether oxygens (including phenoxy) is 2.